The molecule has 0 aromatic rings. The number of allylic oxidation sites excluding steroid dienone is 1. The van der Waals surface area contributed by atoms with E-state index in [1.807, 2.05) is 6.07 Å². The minimum absolute atomic E-state index is 0.113. The number of esters is 1. The Kier molecular flexibility index (Phi) is 3.83. The highest BCUT2D eigenvalue weighted by Gasteiger charge is 2.62. The Hall–Kier alpha value is -2.56. The molecule has 2 rings (SSSR count). The van der Waals surface area contributed by atoms with Gasteiger partial charge in [0.25, 0.3) is 0 Å². The number of carbonyl (C=O) groups is 3. The van der Waals surface area contributed by atoms with E-state index in [-0.39, 0.29) is 12.4 Å². The minimum atomic E-state index is -1.36. The number of amides is 3. The second-order valence-corrected chi connectivity index (χ2v) is 5.38. The van der Waals surface area contributed by atoms with Gasteiger partial charge >= 0.3 is 12.0 Å². The number of carbonyl (C=O) groups excluding carboxylic acids is 3. The third-order valence-corrected chi connectivity index (χ3v) is 4.07. The highest BCUT2D eigenvalue weighted by Crippen LogP contribution is 2.45. The fourth-order valence-electron chi connectivity index (χ4n) is 2.87. The van der Waals surface area contributed by atoms with E-state index in [0.29, 0.717) is 0 Å². The molecule has 8 nitrogen and oxygen atoms in total. The van der Waals surface area contributed by atoms with E-state index in [0.717, 1.165) is 4.90 Å². The molecule has 0 radical (unpaired) electrons. The molecule has 1 fully saturated rings. The topological polar surface area (TPSA) is 99.9 Å². The molecule has 0 saturated carbocycles. The van der Waals surface area contributed by atoms with Crippen LogP contribution in [0.5, 0.6) is 0 Å². The van der Waals surface area contributed by atoms with Gasteiger partial charge < -0.3 is 9.47 Å². The van der Waals surface area contributed by atoms with Crippen LogP contribution in [0.2, 0.25) is 0 Å². The summed E-state index contributed by atoms with van der Waals surface area (Å²) in [7, 11) is 2.80. The normalized spacial score (nSPS) is 31.0. The molecule has 0 aromatic heterocycles. The van der Waals surface area contributed by atoms with Crippen LogP contribution in [-0.4, -0.2) is 54.6 Å². The molecule has 2 aliphatic rings. The van der Waals surface area contributed by atoms with Gasteiger partial charge in [-0.2, -0.15) is 5.26 Å². The first-order chi connectivity index (χ1) is 10.3. The summed E-state index contributed by atoms with van der Waals surface area (Å²) in [4.78, 5) is 39.1. The molecule has 0 unspecified atom stereocenters. The molecule has 22 heavy (non-hydrogen) atoms. The quantitative estimate of drug-likeness (QED) is 0.687. The summed E-state index contributed by atoms with van der Waals surface area (Å²) in [6, 6.07) is 1.25. The summed E-state index contributed by atoms with van der Waals surface area (Å²) >= 11 is 0. The highest BCUT2D eigenvalue weighted by molar-refractivity contribution is 6.02. The zero-order valence-corrected chi connectivity index (χ0v) is 12.8. The third-order valence-electron chi connectivity index (χ3n) is 4.07. The fourth-order valence-corrected chi connectivity index (χ4v) is 2.87. The van der Waals surface area contributed by atoms with E-state index < -0.39 is 35.5 Å². The summed E-state index contributed by atoms with van der Waals surface area (Å²) in [5.41, 5.74) is -1.36. The first kappa shape index (κ1) is 15.8. The number of urea groups is 1. The van der Waals surface area contributed by atoms with Gasteiger partial charge in [-0.15, -0.1) is 0 Å². The van der Waals surface area contributed by atoms with Gasteiger partial charge in [-0.1, -0.05) is 0 Å². The van der Waals surface area contributed by atoms with E-state index in [2.05, 4.69) is 0 Å². The number of rotatable bonds is 2. The summed E-state index contributed by atoms with van der Waals surface area (Å²) < 4.78 is 10.5. The molecule has 3 atom stereocenters. The van der Waals surface area contributed by atoms with Crippen molar-refractivity contribution in [3.05, 3.63) is 11.8 Å². The average Bonchev–Trinajstić information content (AvgIpc) is 2.51. The van der Waals surface area contributed by atoms with Crippen LogP contribution in [0.3, 0.4) is 0 Å². The zero-order valence-electron chi connectivity index (χ0n) is 12.8. The lowest BCUT2D eigenvalue weighted by atomic mass is 9.71. The smallest absolute Gasteiger partial charge is 0.329 e. The van der Waals surface area contributed by atoms with Gasteiger partial charge in [0.1, 0.15) is 11.5 Å². The predicted molar refractivity (Wildman–Crippen MR) is 72.7 cm³/mol. The zero-order chi connectivity index (χ0) is 16.7. The van der Waals surface area contributed by atoms with Crippen molar-refractivity contribution in [2.24, 2.45) is 11.3 Å². The van der Waals surface area contributed by atoms with Crippen LogP contribution < -0.4 is 0 Å². The molecule has 3 amide bonds. The summed E-state index contributed by atoms with van der Waals surface area (Å²) in [5.74, 6) is -2.30. The van der Waals surface area contributed by atoms with Crippen LogP contribution >= 0.6 is 0 Å². The van der Waals surface area contributed by atoms with Crippen molar-refractivity contribution in [3.63, 3.8) is 0 Å². The van der Waals surface area contributed by atoms with Crippen molar-refractivity contribution in [2.45, 2.75) is 20.1 Å². The Balaban J connectivity index is 2.57. The highest BCUT2D eigenvalue weighted by atomic mass is 16.5. The number of fused-ring (bicyclic) bond motifs is 1. The Morgan fingerprint density at radius 1 is 1.50 bits per heavy atom. The molecular formula is C14H17N3O5. The van der Waals surface area contributed by atoms with Gasteiger partial charge in [-0.3, -0.25) is 19.4 Å². The Morgan fingerprint density at radius 2 is 2.14 bits per heavy atom. The number of imide groups is 1. The Morgan fingerprint density at radius 3 is 2.68 bits per heavy atom. The van der Waals surface area contributed by atoms with Crippen LogP contribution in [-0.2, 0) is 19.1 Å². The lowest BCUT2D eigenvalue weighted by molar-refractivity contribution is -0.183. The van der Waals surface area contributed by atoms with E-state index in [1.165, 1.54) is 32.0 Å². The van der Waals surface area contributed by atoms with Crippen LogP contribution in [0, 0.1) is 22.7 Å². The van der Waals surface area contributed by atoms with E-state index in [4.69, 9.17) is 14.7 Å². The fraction of sp³-hybridized carbons (Fsp3) is 0.571. The second-order valence-electron chi connectivity index (χ2n) is 5.38. The van der Waals surface area contributed by atoms with Crippen LogP contribution in [0.25, 0.3) is 0 Å². The van der Waals surface area contributed by atoms with E-state index in [1.54, 1.807) is 6.92 Å². The second kappa shape index (κ2) is 5.33. The predicted octanol–water partition coefficient (Wildman–Crippen LogP) is 0.460. The maximum Gasteiger partial charge on any atom is 0.329 e. The van der Waals surface area contributed by atoms with E-state index in [9.17, 15) is 14.4 Å². The molecule has 2 heterocycles. The first-order valence-corrected chi connectivity index (χ1v) is 6.79. The number of nitriles is 1. The standard InChI is InChI=1S/C14H17N3O5/c1-5-21-10(18)9-6-8(7-15)22-12-14(9,2)11(19)16(3)13(20)17(12)4/h6,9,12H,5H2,1-4H3/t9-,12+,14+/m0/s1. The summed E-state index contributed by atoms with van der Waals surface area (Å²) in [6.45, 7) is 3.33. The lowest BCUT2D eigenvalue weighted by Crippen LogP contribution is -2.68. The van der Waals surface area contributed by atoms with Crippen molar-refractivity contribution >= 4 is 17.9 Å². The van der Waals surface area contributed by atoms with Crippen LogP contribution in [0.15, 0.2) is 11.8 Å². The average molecular weight is 307 g/mol. The van der Waals surface area contributed by atoms with Crippen LogP contribution in [0.1, 0.15) is 13.8 Å². The number of hydrogen-bond acceptors (Lipinski definition) is 6. The number of nitrogens with zero attached hydrogens (tertiary/aromatic N) is 3. The Bertz CT molecular complexity index is 608. The van der Waals surface area contributed by atoms with E-state index >= 15 is 0 Å². The number of hydrogen-bond donors (Lipinski definition) is 0. The van der Waals surface area contributed by atoms with Gasteiger partial charge in [0.05, 0.1) is 12.5 Å². The van der Waals surface area contributed by atoms with Crippen LogP contribution in [0.4, 0.5) is 4.79 Å². The van der Waals surface area contributed by atoms with Gasteiger partial charge in [-0.25, -0.2) is 4.79 Å². The van der Waals surface area contributed by atoms with Gasteiger partial charge in [0, 0.05) is 14.1 Å². The van der Waals surface area contributed by atoms with Crippen molar-refractivity contribution in [2.75, 3.05) is 20.7 Å². The SMILES string of the molecule is CCOC(=O)[C@@H]1C=C(C#N)O[C@H]2N(C)C(=O)N(C)C(=O)[C@@]12C. The maximum absolute atomic E-state index is 12.6. The first-order valence-electron chi connectivity index (χ1n) is 6.79. The monoisotopic (exact) mass is 307 g/mol. The molecular weight excluding hydrogens is 290 g/mol. The molecule has 1 saturated heterocycles. The molecule has 118 valence electrons. The van der Waals surface area contributed by atoms with Gasteiger partial charge in [0.2, 0.25) is 5.91 Å². The molecule has 0 spiro atoms. The molecule has 0 bridgehead atoms. The lowest BCUT2D eigenvalue weighted by Gasteiger charge is -2.50. The molecule has 0 N–H and O–H groups in total. The molecule has 8 heteroatoms. The van der Waals surface area contributed by atoms with Crippen molar-refractivity contribution in [1.82, 2.24) is 9.80 Å². The minimum Gasteiger partial charge on any atom is -0.466 e. The van der Waals surface area contributed by atoms with Gasteiger partial charge in [-0.05, 0) is 19.9 Å². The Labute approximate surface area is 127 Å². The van der Waals surface area contributed by atoms with Crippen molar-refractivity contribution < 1.29 is 23.9 Å². The third kappa shape index (κ3) is 2.01. The number of ether oxygens (including phenoxy) is 2. The molecule has 2 aliphatic heterocycles. The largest absolute Gasteiger partial charge is 0.466 e. The molecule has 0 aliphatic carbocycles. The molecule has 0 aromatic carbocycles. The van der Waals surface area contributed by atoms with Gasteiger partial charge in [0.15, 0.2) is 12.0 Å². The van der Waals surface area contributed by atoms with Crippen molar-refractivity contribution in [3.8, 4) is 6.07 Å². The summed E-state index contributed by atoms with van der Waals surface area (Å²) in [5, 5.41) is 9.07. The maximum atomic E-state index is 12.6. The van der Waals surface area contributed by atoms with Crippen molar-refractivity contribution in [1.29, 1.82) is 5.26 Å². The summed E-state index contributed by atoms with van der Waals surface area (Å²) in [6.07, 6.45) is 0.238.